The Morgan fingerprint density at radius 3 is 2.71 bits per heavy atom. The van der Waals surface area contributed by atoms with E-state index in [2.05, 4.69) is 24.2 Å². The molecule has 1 saturated carbocycles. The highest BCUT2D eigenvalue weighted by Gasteiger charge is 2.39. The number of rotatable bonds is 3. The van der Waals surface area contributed by atoms with Crippen LogP contribution in [0, 0.1) is 11.3 Å². The van der Waals surface area contributed by atoms with Crippen LogP contribution in [0.25, 0.3) is 0 Å². The Morgan fingerprint density at radius 1 is 1.57 bits per heavy atom. The Labute approximate surface area is 89.5 Å². The van der Waals surface area contributed by atoms with E-state index >= 15 is 0 Å². The molecule has 0 amide bonds. The zero-order chi connectivity index (χ0) is 10.2. The average molecular weight is 210 g/mol. The lowest BCUT2D eigenvalue weighted by Gasteiger charge is -2.43. The van der Waals surface area contributed by atoms with Gasteiger partial charge in [0.1, 0.15) is 0 Å². The van der Waals surface area contributed by atoms with Crippen molar-refractivity contribution >= 4 is 11.3 Å². The fraction of sp³-hybridized carbons (Fsp3) is 0.727. The molecule has 1 aliphatic carbocycles. The van der Waals surface area contributed by atoms with Crippen molar-refractivity contribution in [3.8, 4) is 0 Å². The third-order valence-electron chi connectivity index (χ3n) is 3.73. The van der Waals surface area contributed by atoms with E-state index < -0.39 is 0 Å². The van der Waals surface area contributed by atoms with Crippen LogP contribution in [-0.2, 0) is 0 Å². The standard InChI is InChI=1S/C11H18N2S/c1-11(2,8-4-3-5-8)10(12)9-6-14-7-13-9/h6-8,10H,3-5,12H2,1-2H3. The average Bonchev–Trinajstić information content (AvgIpc) is 2.49. The number of hydrogen-bond donors (Lipinski definition) is 1. The van der Waals surface area contributed by atoms with E-state index in [0.717, 1.165) is 11.6 Å². The first-order valence-electron chi connectivity index (χ1n) is 5.26. The van der Waals surface area contributed by atoms with Crippen LogP contribution in [-0.4, -0.2) is 4.98 Å². The Balaban J connectivity index is 2.12. The highest BCUT2D eigenvalue weighted by Crippen LogP contribution is 2.47. The molecule has 3 heteroatoms. The Hall–Kier alpha value is -0.410. The molecule has 2 nitrogen and oxygen atoms in total. The van der Waals surface area contributed by atoms with Gasteiger partial charge in [0.05, 0.1) is 17.2 Å². The lowest BCUT2D eigenvalue weighted by atomic mass is 9.63. The smallest absolute Gasteiger partial charge is 0.0795 e. The van der Waals surface area contributed by atoms with Crippen molar-refractivity contribution in [3.63, 3.8) is 0 Å². The second-order valence-corrected chi connectivity index (χ2v) is 5.56. The molecule has 0 radical (unpaired) electrons. The molecule has 1 fully saturated rings. The molecule has 1 aliphatic rings. The van der Waals surface area contributed by atoms with Crippen molar-refractivity contribution < 1.29 is 0 Å². The molecule has 14 heavy (non-hydrogen) atoms. The summed E-state index contributed by atoms with van der Waals surface area (Å²) in [6.45, 7) is 4.56. The first-order chi connectivity index (χ1) is 6.62. The predicted molar refractivity (Wildman–Crippen MR) is 60.2 cm³/mol. The van der Waals surface area contributed by atoms with Gasteiger partial charge in [0.25, 0.3) is 0 Å². The van der Waals surface area contributed by atoms with Gasteiger partial charge in [-0.05, 0) is 24.2 Å². The van der Waals surface area contributed by atoms with Gasteiger partial charge in [-0.3, -0.25) is 0 Å². The lowest BCUT2D eigenvalue weighted by molar-refractivity contribution is 0.0898. The van der Waals surface area contributed by atoms with Crippen LogP contribution >= 0.6 is 11.3 Å². The van der Waals surface area contributed by atoms with Gasteiger partial charge in [0, 0.05) is 5.38 Å². The molecule has 1 aromatic rings. The van der Waals surface area contributed by atoms with Crippen LogP contribution in [0.3, 0.4) is 0 Å². The van der Waals surface area contributed by atoms with Crippen LogP contribution in [0.1, 0.15) is 44.8 Å². The van der Waals surface area contributed by atoms with E-state index in [4.69, 9.17) is 5.73 Å². The molecule has 1 aromatic heterocycles. The number of thiazole rings is 1. The largest absolute Gasteiger partial charge is 0.322 e. The maximum Gasteiger partial charge on any atom is 0.0795 e. The van der Waals surface area contributed by atoms with Crippen molar-refractivity contribution in [2.24, 2.45) is 17.1 Å². The zero-order valence-corrected chi connectivity index (χ0v) is 9.68. The Morgan fingerprint density at radius 2 is 2.29 bits per heavy atom. The normalized spacial score (nSPS) is 20.5. The second kappa shape index (κ2) is 3.63. The number of nitrogens with two attached hydrogens (primary N) is 1. The summed E-state index contributed by atoms with van der Waals surface area (Å²) < 4.78 is 0. The first-order valence-corrected chi connectivity index (χ1v) is 6.20. The molecule has 0 spiro atoms. The summed E-state index contributed by atoms with van der Waals surface area (Å²) in [5.74, 6) is 0.791. The molecule has 2 N–H and O–H groups in total. The number of hydrogen-bond acceptors (Lipinski definition) is 3. The minimum atomic E-state index is 0.0963. The molecule has 0 aromatic carbocycles. The molecule has 1 unspecified atom stereocenters. The van der Waals surface area contributed by atoms with E-state index in [0.29, 0.717) is 0 Å². The van der Waals surface area contributed by atoms with Crippen molar-refractivity contribution in [1.29, 1.82) is 0 Å². The van der Waals surface area contributed by atoms with Gasteiger partial charge < -0.3 is 5.73 Å². The van der Waals surface area contributed by atoms with Gasteiger partial charge in [-0.2, -0.15) is 0 Å². The molecule has 0 bridgehead atoms. The van der Waals surface area contributed by atoms with Gasteiger partial charge >= 0.3 is 0 Å². The van der Waals surface area contributed by atoms with Gasteiger partial charge in [-0.25, -0.2) is 4.98 Å². The van der Waals surface area contributed by atoms with Gasteiger partial charge in [0.2, 0.25) is 0 Å². The molecular formula is C11H18N2S. The van der Waals surface area contributed by atoms with Crippen LogP contribution in [0.5, 0.6) is 0 Å². The maximum atomic E-state index is 6.27. The minimum absolute atomic E-state index is 0.0963. The van der Waals surface area contributed by atoms with Gasteiger partial charge in [-0.1, -0.05) is 20.3 Å². The Kier molecular flexibility index (Phi) is 2.62. The lowest BCUT2D eigenvalue weighted by Crippen LogP contribution is -2.39. The van der Waals surface area contributed by atoms with E-state index in [1.54, 1.807) is 11.3 Å². The molecule has 0 saturated heterocycles. The topological polar surface area (TPSA) is 38.9 Å². The fourth-order valence-electron chi connectivity index (χ4n) is 2.16. The summed E-state index contributed by atoms with van der Waals surface area (Å²) in [5, 5.41) is 2.07. The summed E-state index contributed by atoms with van der Waals surface area (Å²) in [6.07, 6.45) is 4.05. The summed E-state index contributed by atoms with van der Waals surface area (Å²) in [4.78, 5) is 4.32. The zero-order valence-electron chi connectivity index (χ0n) is 8.86. The summed E-state index contributed by atoms with van der Waals surface area (Å²) in [7, 11) is 0. The van der Waals surface area contributed by atoms with Crippen molar-refractivity contribution in [2.75, 3.05) is 0 Å². The quantitative estimate of drug-likeness (QED) is 0.833. The molecule has 1 atom stereocenters. The Bertz CT molecular complexity index is 288. The van der Waals surface area contributed by atoms with E-state index in [-0.39, 0.29) is 11.5 Å². The van der Waals surface area contributed by atoms with Crippen LogP contribution in [0.15, 0.2) is 10.9 Å². The van der Waals surface area contributed by atoms with Crippen LogP contribution in [0.2, 0.25) is 0 Å². The fourth-order valence-corrected chi connectivity index (χ4v) is 2.75. The van der Waals surface area contributed by atoms with Crippen molar-refractivity contribution in [1.82, 2.24) is 4.98 Å². The second-order valence-electron chi connectivity index (χ2n) is 4.84. The van der Waals surface area contributed by atoms with E-state index in [9.17, 15) is 0 Å². The molecule has 1 heterocycles. The molecule has 78 valence electrons. The highest BCUT2D eigenvalue weighted by atomic mass is 32.1. The van der Waals surface area contributed by atoms with Gasteiger partial charge in [-0.15, -0.1) is 11.3 Å². The number of nitrogens with zero attached hydrogens (tertiary/aromatic N) is 1. The minimum Gasteiger partial charge on any atom is -0.322 e. The SMILES string of the molecule is CC(C)(C1CCC1)C(N)c1cscn1. The molecule has 2 rings (SSSR count). The third-order valence-corrected chi connectivity index (χ3v) is 4.33. The van der Waals surface area contributed by atoms with E-state index in [1.165, 1.54) is 19.3 Å². The highest BCUT2D eigenvalue weighted by molar-refractivity contribution is 7.07. The molecule has 0 aliphatic heterocycles. The van der Waals surface area contributed by atoms with Crippen LogP contribution in [0.4, 0.5) is 0 Å². The van der Waals surface area contributed by atoms with Crippen LogP contribution < -0.4 is 5.73 Å². The number of aromatic nitrogens is 1. The van der Waals surface area contributed by atoms with Gasteiger partial charge in [0.15, 0.2) is 0 Å². The van der Waals surface area contributed by atoms with Crippen molar-refractivity contribution in [3.05, 3.63) is 16.6 Å². The third kappa shape index (κ3) is 1.59. The summed E-state index contributed by atoms with van der Waals surface area (Å²) in [5.41, 5.74) is 9.40. The maximum absolute atomic E-state index is 6.27. The summed E-state index contributed by atoms with van der Waals surface area (Å²) >= 11 is 1.63. The molecular weight excluding hydrogens is 192 g/mol. The predicted octanol–water partition coefficient (Wildman–Crippen LogP) is 2.97. The van der Waals surface area contributed by atoms with E-state index in [1.807, 2.05) is 5.51 Å². The monoisotopic (exact) mass is 210 g/mol. The van der Waals surface area contributed by atoms with Crippen molar-refractivity contribution in [2.45, 2.75) is 39.2 Å². The summed E-state index contributed by atoms with van der Waals surface area (Å²) in [6, 6.07) is 0.0963. The first kappa shape index (κ1) is 10.1.